The van der Waals surface area contributed by atoms with Crippen molar-refractivity contribution in [2.75, 3.05) is 12.3 Å². The first-order valence-electron chi connectivity index (χ1n) is 5.87. The van der Waals surface area contributed by atoms with E-state index in [-0.39, 0.29) is 12.4 Å². The maximum Gasteiger partial charge on any atom is 0.142 e. The normalized spacial score (nSPS) is 9.56. The minimum Gasteiger partial charge on any atom is -0.491 e. The Morgan fingerprint density at radius 1 is 0.889 bits per heavy atom. The van der Waals surface area contributed by atoms with Crippen molar-refractivity contribution in [3.05, 3.63) is 60.2 Å². The molecule has 0 aliphatic carbocycles. The zero-order valence-corrected chi connectivity index (χ0v) is 11.0. The van der Waals surface area contributed by atoms with Gasteiger partial charge in [-0.3, -0.25) is 0 Å². The van der Waals surface area contributed by atoms with Crippen molar-refractivity contribution in [2.24, 2.45) is 0 Å². The molecule has 96 valence electrons. The zero-order chi connectivity index (χ0) is 11.9. The molecule has 0 spiro atoms. The molecule has 0 fully saturated rings. The van der Waals surface area contributed by atoms with Crippen molar-refractivity contribution in [2.45, 2.75) is 12.8 Å². The van der Waals surface area contributed by atoms with Gasteiger partial charge < -0.3 is 10.5 Å². The van der Waals surface area contributed by atoms with Gasteiger partial charge in [0.05, 0.1) is 12.3 Å². The molecule has 0 aromatic heterocycles. The van der Waals surface area contributed by atoms with Crippen LogP contribution in [0.1, 0.15) is 12.0 Å². The molecule has 0 saturated carbocycles. The van der Waals surface area contributed by atoms with Crippen molar-refractivity contribution in [1.29, 1.82) is 0 Å². The first kappa shape index (κ1) is 14.4. The molecule has 0 aliphatic rings. The highest BCUT2D eigenvalue weighted by Crippen LogP contribution is 2.19. The molecular weight excluding hydrogens is 246 g/mol. The molecule has 2 N–H and O–H groups in total. The van der Waals surface area contributed by atoms with Crippen LogP contribution in [0.25, 0.3) is 0 Å². The number of ether oxygens (including phenoxy) is 1. The lowest BCUT2D eigenvalue weighted by molar-refractivity contribution is 0.312. The van der Waals surface area contributed by atoms with Crippen LogP contribution in [0.3, 0.4) is 0 Å². The second kappa shape index (κ2) is 7.62. The lowest BCUT2D eigenvalue weighted by atomic mass is 10.1. The fraction of sp³-hybridized carbons (Fsp3) is 0.200. The lowest BCUT2D eigenvalue weighted by Gasteiger charge is -2.08. The van der Waals surface area contributed by atoms with Gasteiger partial charge in [-0.15, -0.1) is 12.4 Å². The molecule has 2 rings (SSSR count). The van der Waals surface area contributed by atoms with Crippen molar-refractivity contribution in [3.8, 4) is 5.75 Å². The van der Waals surface area contributed by atoms with Gasteiger partial charge in [-0.2, -0.15) is 0 Å². The molecular formula is C15H18ClNO. The largest absolute Gasteiger partial charge is 0.491 e. The first-order chi connectivity index (χ1) is 8.36. The van der Waals surface area contributed by atoms with Gasteiger partial charge in [-0.05, 0) is 30.5 Å². The Balaban J connectivity index is 0.00000162. The Kier molecular flexibility index (Phi) is 6.09. The number of benzene rings is 2. The number of hydrogen-bond donors (Lipinski definition) is 1. The molecule has 2 aromatic carbocycles. The van der Waals surface area contributed by atoms with E-state index in [2.05, 4.69) is 24.3 Å². The number of aryl methyl sites for hydroxylation is 1. The molecule has 3 heteroatoms. The van der Waals surface area contributed by atoms with Crippen LogP contribution in [0.4, 0.5) is 5.69 Å². The molecule has 0 heterocycles. The van der Waals surface area contributed by atoms with Gasteiger partial charge in [-0.25, -0.2) is 0 Å². The summed E-state index contributed by atoms with van der Waals surface area (Å²) in [5.41, 5.74) is 7.83. The zero-order valence-electron chi connectivity index (χ0n) is 10.2. The van der Waals surface area contributed by atoms with Crippen molar-refractivity contribution in [3.63, 3.8) is 0 Å². The van der Waals surface area contributed by atoms with Gasteiger partial charge >= 0.3 is 0 Å². The minimum atomic E-state index is 0. The number of hydrogen-bond acceptors (Lipinski definition) is 2. The summed E-state index contributed by atoms with van der Waals surface area (Å²) in [4.78, 5) is 0. The molecule has 0 saturated heterocycles. The predicted octanol–water partition coefficient (Wildman–Crippen LogP) is 3.70. The van der Waals surface area contributed by atoms with E-state index in [0.29, 0.717) is 12.3 Å². The first-order valence-corrected chi connectivity index (χ1v) is 5.87. The smallest absolute Gasteiger partial charge is 0.142 e. The molecule has 0 aliphatic heterocycles. The summed E-state index contributed by atoms with van der Waals surface area (Å²) in [6.45, 7) is 0.698. The average Bonchev–Trinajstić information content (AvgIpc) is 2.38. The van der Waals surface area contributed by atoms with Crippen LogP contribution in [0.2, 0.25) is 0 Å². The van der Waals surface area contributed by atoms with E-state index < -0.39 is 0 Å². The Hall–Kier alpha value is -1.67. The third-order valence-corrected chi connectivity index (χ3v) is 2.63. The maximum absolute atomic E-state index is 5.79. The molecule has 0 bridgehead atoms. The van der Waals surface area contributed by atoms with E-state index in [1.807, 2.05) is 30.3 Å². The van der Waals surface area contributed by atoms with Crippen molar-refractivity contribution in [1.82, 2.24) is 0 Å². The van der Waals surface area contributed by atoms with Gasteiger partial charge in [0, 0.05) is 0 Å². The van der Waals surface area contributed by atoms with E-state index in [1.165, 1.54) is 5.56 Å². The summed E-state index contributed by atoms with van der Waals surface area (Å²) in [5.74, 6) is 0.778. The Labute approximate surface area is 114 Å². The van der Waals surface area contributed by atoms with Gasteiger partial charge in [0.1, 0.15) is 5.75 Å². The summed E-state index contributed by atoms with van der Waals surface area (Å²) in [6, 6.07) is 18.0. The monoisotopic (exact) mass is 263 g/mol. The summed E-state index contributed by atoms with van der Waals surface area (Å²) in [6.07, 6.45) is 2.03. The Morgan fingerprint density at radius 2 is 1.56 bits per heavy atom. The fourth-order valence-electron chi connectivity index (χ4n) is 1.72. The second-order valence-corrected chi connectivity index (χ2v) is 3.98. The molecule has 18 heavy (non-hydrogen) atoms. The third kappa shape index (κ3) is 4.30. The van der Waals surface area contributed by atoms with Crippen molar-refractivity contribution >= 4 is 18.1 Å². The van der Waals surface area contributed by atoms with E-state index in [4.69, 9.17) is 10.5 Å². The quantitative estimate of drug-likeness (QED) is 0.659. The average molecular weight is 264 g/mol. The molecule has 2 nitrogen and oxygen atoms in total. The SMILES string of the molecule is Cl.Nc1ccccc1OCCCc1ccccc1. The van der Waals surface area contributed by atoms with Gasteiger partial charge in [-0.1, -0.05) is 42.5 Å². The number of anilines is 1. The van der Waals surface area contributed by atoms with E-state index in [0.717, 1.165) is 18.6 Å². The number of rotatable bonds is 5. The topological polar surface area (TPSA) is 35.2 Å². The summed E-state index contributed by atoms with van der Waals surface area (Å²) < 4.78 is 5.63. The van der Waals surface area contributed by atoms with Crippen LogP contribution in [0, 0.1) is 0 Å². The lowest BCUT2D eigenvalue weighted by Crippen LogP contribution is -2.01. The summed E-state index contributed by atoms with van der Waals surface area (Å²) in [7, 11) is 0. The van der Waals surface area contributed by atoms with Gasteiger partial charge in [0.15, 0.2) is 0 Å². The van der Waals surface area contributed by atoms with E-state index in [9.17, 15) is 0 Å². The van der Waals surface area contributed by atoms with Crippen LogP contribution in [0.5, 0.6) is 5.75 Å². The highest BCUT2D eigenvalue weighted by molar-refractivity contribution is 5.85. The summed E-state index contributed by atoms with van der Waals surface area (Å²) in [5, 5.41) is 0. The van der Waals surface area contributed by atoms with E-state index in [1.54, 1.807) is 0 Å². The molecule has 0 unspecified atom stereocenters. The van der Waals surface area contributed by atoms with Gasteiger partial charge in [0.2, 0.25) is 0 Å². The number of para-hydroxylation sites is 2. The fourth-order valence-corrected chi connectivity index (χ4v) is 1.72. The molecule has 0 atom stereocenters. The summed E-state index contributed by atoms with van der Waals surface area (Å²) >= 11 is 0. The third-order valence-electron chi connectivity index (χ3n) is 2.63. The molecule has 0 radical (unpaired) electrons. The van der Waals surface area contributed by atoms with Crippen LogP contribution in [-0.2, 0) is 6.42 Å². The van der Waals surface area contributed by atoms with Crippen LogP contribution >= 0.6 is 12.4 Å². The minimum absolute atomic E-state index is 0. The number of halogens is 1. The highest BCUT2D eigenvalue weighted by Gasteiger charge is 1.98. The standard InChI is InChI=1S/C15H17NO.ClH/c16-14-10-4-5-11-15(14)17-12-6-9-13-7-2-1-3-8-13;/h1-5,7-8,10-11H,6,9,12,16H2;1H. The number of nitrogen functional groups attached to an aromatic ring is 1. The van der Waals surface area contributed by atoms with Gasteiger partial charge in [0.25, 0.3) is 0 Å². The van der Waals surface area contributed by atoms with Crippen molar-refractivity contribution < 1.29 is 4.74 Å². The maximum atomic E-state index is 5.79. The van der Waals surface area contributed by atoms with Crippen LogP contribution in [-0.4, -0.2) is 6.61 Å². The number of nitrogens with two attached hydrogens (primary N) is 1. The Morgan fingerprint density at radius 3 is 2.28 bits per heavy atom. The van der Waals surface area contributed by atoms with Crippen LogP contribution < -0.4 is 10.5 Å². The Bertz CT molecular complexity index is 459. The van der Waals surface area contributed by atoms with E-state index >= 15 is 0 Å². The predicted molar refractivity (Wildman–Crippen MR) is 78.4 cm³/mol. The van der Waals surface area contributed by atoms with Crippen LogP contribution in [0.15, 0.2) is 54.6 Å². The second-order valence-electron chi connectivity index (χ2n) is 3.98. The highest BCUT2D eigenvalue weighted by atomic mass is 35.5. The molecule has 0 amide bonds. The molecule has 2 aromatic rings.